The Labute approximate surface area is 179 Å². The van der Waals surface area contributed by atoms with Crippen LogP contribution in [0.3, 0.4) is 0 Å². The van der Waals surface area contributed by atoms with E-state index in [-0.39, 0.29) is 36.2 Å². The predicted molar refractivity (Wildman–Crippen MR) is 117 cm³/mol. The van der Waals surface area contributed by atoms with Crippen LogP contribution in [0, 0.1) is 19.7 Å². The Morgan fingerprint density at radius 1 is 1.23 bits per heavy atom. The minimum absolute atomic E-state index is 0.132. The van der Waals surface area contributed by atoms with Crippen LogP contribution in [0.1, 0.15) is 22.5 Å². The summed E-state index contributed by atoms with van der Waals surface area (Å²) in [4.78, 5) is 33.5. The van der Waals surface area contributed by atoms with Crippen molar-refractivity contribution in [2.75, 3.05) is 17.6 Å². The van der Waals surface area contributed by atoms with Crippen molar-refractivity contribution in [3.63, 3.8) is 0 Å². The van der Waals surface area contributed by atoms with Gasteiger partial charge in [0.1, 0.15) is 18.2 Å². The fraction of sp³-hybridized carbons (Fsp3) is 0.273. The summed E-state index contributed by atoms with van der Waals surface area (Å²) in [5.41, 5.74) is 8.22. The van der Waals surface area contributed by atoms with E-state index in [4.69, 9.17) is 5.73 Å². The molecule has 0 aliphatic heterocycles. The highest BCUT2D eigenvalue weighted by molar-refractivity contribution is 5.75. The maximum Gasteiger partial charge on any atom is 0.293 e. The van der Waals surface area contributed by atoms with Crippen molar-refractivity contribution < 1.29 is 9.18 Å². The third-order valence-electron chi connectivity index (χ3n) is 4.84. The Morgan fingerprint density at radius 2 is 2.03 bits per heavy atom. The van der Waals surface area contributed by atoms with Crippen LogP contribution in [0.5, 0.6) is 0 Å². The van der Waals surface area contributed by atoms with Gasteiger partial charge in [-0.1, -0.05) is 18.2 Å². The third-order valence-corrected chi connectivity index (χ3v) is 4.84. The van der Waals surface area contributed by atoms with Gasteiger partial charge in [-0.15, -0.1) is 0 Å². The Balaban J connectivity index is 1.61. The molecule has 0 fully saturated rings. The van der Waals surface area contributed by atoms with Crippen molar-refractivity contribution in [3.8, 4) is 0 Å². The Hall–Kier alpha value is -3.75. The number of benzene rings is 1. The molecule has 8 nitrogen and oxygen atoms in total. The summed E-state index contributed by atoms with van der Waals surface area (Å²) in [5, 5.41) is 5.77. The molecule has 0 saturated heterocycles. The zero-order chi connectivity index (χ0) is 22.4. The van der Waals surface area contributed by atoms with Gasteiger partial charge in [-0.25, -0.2) is 14.4 Å². The molecule has 3 aromatic rings. The van der Waals surface area contributed by atoms with E-state index < -0.39 is 0 Å². The van der Waals surface area contributed by atoms with Crippen molar-refractivity contribution in [1.82, 2.24) is 19.9 Å². The van der Waals surface area contributed by atoms with Crippen molar-refractivity contribution in [2.24, 2.45) is 0 Å². The average Bonchev–Trinajstić information content (AvgIpc) is 2.72. The van der Waals surface area contributed by atoms with E-state index in [0.717, 1.165) is 16.8 Å². The number of carbonyl (C=O) groups is 1. The van der Waals surface area contributed by atoms with Crippen LogP contribution in [0.4, 0.5) is 16.0 Å². The number of hydrogen-bond acceptors (Lipinski definition) is 6. The Bertz CT molecular complexity index is 1150. The first kappa shape index (κ1) is 21.9. The Morgan fingerprint density at radius 3 is 2.77 bits per heavy atom. The van der Waals surface area contributed by atoms with Gasteiger partial charge in [0, 0.05) is 30.7 Å². The molecule has 0 bridgehead atoms. The highest BCUT2D eigenvalue weighted by atomic mass is 19.1. The predicted octanol–water partition coefficient (Wildman–Crippen LogP) is 1.95. The van der Waals surface area contributed by atoms with E-state index in [1.54, 1.807) is 19.1 Å². The quantitative estimate of drug-likeness (QED) is 0.509. The summed E-state index contributed by atoms with van der Waals surface area (Å²) in [7, 11) is 0. The first-order valence-electron chi connectivity index (χ1n) is 9.87. The van der Waals surface area contributed by atoms with Crippen LogP contribution < -0.4 is 21.9 Å². The smallest absolute Gasteiger partial charge is 0.293 e. The molecule has 2 aromatic heterocycles. The topological polar surface area (TPSA) is 115 Å². The van der Waals surface area contributed by atoms with Gasteiger partial charge >= 0.3 is 0 Å². The summed E-state index contributed by atoms with van der Waals surface area (Å²) in [5.74, 6) is -0.0417. The van der Waals surface area contributed by atoms with E-state index in [1.165, 1.54) is 22.9 Å². The zero-order valence-electron chi connectivity index (χ0n) is 17.5. The standard InChI is InChI=1S/C22H25FN6O2/c1-14-11-27-21(25-9-8-16-4-3-5-18(23)10-16)22(31)29(14)13-20(30)26-12-17-6-7-19(24)28-15(17)2/h3-7,10-11H,8-9,12-13H2,1-2H3,(H2,24,28)(H,25,27)(H,26,30). The molecule has 0 aliphatic rings. The molecule has 3 rings (SSSR count). The molecule has 0 unspecified atom stereocenters. The number of nitrogens with one attached hydrogen (secondary N) is 2. The minimum atomic E-state index is -0.389. The van der Waals surface area contributed by atoms with Crippen molar-refractivity contribution in [2.45, 2.75) is 33.4 Å². The summed E-state index contributed by atoms with van der Waals surface area (Å²) in [6.07, 6.45) is 2.06. The fourth-order valence-electron chi connectivity index (χ4n) is 3.10. The lowest BCUT2D eigenvalue weighted by Gasteiger charge is -2.13. The summed E-state index contributed by atoms with van der Waals surface area (Å²) < 4.78 is 14.6. The van der Waals surface area contributed by atoms with Crippen LogP contribution in [0.25, 0.3) is 0 Å². The third kappa shape index (κ3) is 5.88. The van der Waals surface area contributed by atoms with Crippen LogP contribution in [0.15, 0.2) is 47.4 Å². The van der Waals surface area contributed by atoms with Crippen LogP contribution in [0.2, 0.25) is 0 Å². The summed E-state index contributed by atoms with van der Waals surface area (Å²) >= 11 is 0. The SMILES string of the molecule is Cc1nc(N)ccc1CNC(=O)Cn1c(C)cnc(NCCc2cccc(F)c2)c1=O. The monoisotopic (exact) mass is 424 g/mol. The number of carbonyl (C=O) groups excluding carboxylic acids is 1. The fourth-order valence-corrected chi connectivity index (χ4v) is 3.10. The number of anilines is 2. The van der Waals surface area contributed by atoms with E-state index in [0.29, 0.717) is 24.5 Å². The van der Waals surface area contributed by atoms with Crippen molar-refractivity contribution in [1.29, 1.82) is 0 Å². The first-order chi connectivity index (χ1) is 14.8. The largest absolute Gasteiger partial charge is 0.384 e. The highest BCUT2D eigenvalue weighted by Gasteiger charge is 2.12. The van der Waals surface area contributed by atoms with Gasteiger partial charge in [0.05, 0.1) is 0 Å². The molecule has 0 radical (unpaired) electrons. The molecule has 2 heterocycles. The number of nitrogens with two attached hydrogens (primary N) is 1. The lowest BCUT2D eigenvalue weighted by Crippen LogP contribution is -2.34. The molecular weight excluding hydrogens is 399 g/mol. The van der Waals surface area contributed by atoms with E-state index in [9.17, 15) is 14.0 Å². The van der Waals surface area contributed by atoms with Crippen LogP contribution in [-0.4, -0.2) is 27.0 Å². The average molecular weight is 424 g/mol. The van der Waals surface area contributed by atoms with Crippen molar-refractivity contribution in [3.05, 3.63) is 81.3 Å². The van der Waals surface area contributed by atoms with Crippen LogP contribution in [-0.2, 0) is 24.3 Å². The molecular formula is C22H25FN6O2. The lowest BCUT2D eigenvalue weighted by molar-refractivity contribution is -0.121. The number of aryl methyl sites for hydroxylation is 2. The summed E-state index contributed by atoms with van der Waals surface area (Å²) in [6.45, 7) is 4.09. The highest BCUT2D eigenvalue weighted by Crippen LogP contribution is 2.08. The molecule has 0 atom stereocenters. The van der Waals surface area contributed by atoms with E-state index in [1.807, 2.05) is 19.1 Å². The second-order valence-electron chi connectivity index (χ2n) is 7.20. The second kappa shape index (κ2) is 9.84. The molecule has 4 N–H and O–H groups in total. The molecule has 0 spiro atoms. The maximum absolute atomic E-state index is 13.3. The van der Waals surface area contributed by atoms with Gasteiger partial charge in [-0.05, 0) is 49.6 Å². The maximum atomic E-state index is 13.3. The van der Waals surface area contributed by atoms with Gasteiger partial charge in [0.2, 0.25) is 5.91 Å². The number of amides is 1. The van der Waals surface area contributed by atoms with Crippen LogP contribution >= 0.6 is 0 Å². The minimum Gasteiger partial charge on any atom is -0.384 e. The molecule has 1 amide bonds. The number of hydrogen-bond donors (Lipinski definition) is 3. The molecule has 162 valence electrons. The molecule has 31 heavy (non-hydrogen) atoms. The van der Waals surface area contributed by atoms with Gasteiger partial charge in [0.15, 0.2) is 5.82 Å². The molecule has 0 aliphatic carbocycles. The van der Waals surface area contributed by atoms with Crippen molar-refractivity contribution >= 4 is 17.5 Å². The second-order valence-corrected chi connectivity index (χ2v) is 7.20. The lowest BCUT2D eigenvalue weighted by atomic mass is 10.1. The van der Waals surface area contributed by atoms with Gasteiger partial charge in [-0.3, -0.25) is 14.2 Å². The molecule has 1 aromatic carbocycles. The summed E-state index contributed by atoms with van der Waals surface area (Å²) in [6, 6.07) is 9.77. The van der Waals surface area contributed by atoms with Gasteiger partial charge in [-0.2, -0.15) is 0 Å². The first-order valence-corrected chi connectivity index (χ1v) is 9.87. The van der Waals surface area contributed by atoms with E-state index >= 15 is 0 Å². The number of pyridine rings is 1. The number of halogens is 1. The van der Waals surface area contributed by atoms with E-state index in [2.05, 4.69) is 20.6 Å². The number of nitrogens with zero attached hydrogens (tertiary/aromatic N) is 3. The van der Waals surface area contributed by atoms with Gasteiger partial charge in [0.25, 0.3) is 5.56 Å². The molecule has 9 heteroatoms. The Kier molecular flexibility index (Phi) is 6.96. The molecule has 0 saturated carbocycles. The number of rotatable bonds is 8. The number of aromatic nitrogens is 3. The number of nitrogen functional groups attached to an aromatic ring is 1. The zero-order valence-corrected chi connectivity index (χ0v) is 17.5. The van der Waals surface area contributed by atoms with Gasteiger partial charge < -0.3 is 16.4 Å². The normalized spacial score (nSPS) is 10.7.